The molecule has 2 heterocycles. The fourth-order valence-corrected chi connectivity index (χ4v) is 5.28. The second kappa shape index (κ2) is 11.7. The zero-order valence-corrected chi connectivity index (χ0v) is 21.8. The Kier molecular flexibility index (Phi) is 8.65. The molecule has 36 heavy (non-hydrogen) atoms. The summed E-state index contributed by atoms with van der Waals surface area (Å²) in [6.45, 7) is 3.26. The molecule has 0 aliphatic carbocycles. The molecule has 2 aromatic carbocycles. The highest BCUT2D eigenvalue weighted by Crippen LogP contribution is 2.30. The van der Waals surface area contributed by atoms with Crippen molar-refractivity contribution in [3.8, 4) is 0 Å². The average Bonchev–Trinajstić information content (AvgIpc) is 3.22. The van der Waals surface area contributed by atoms with Crippen LogP contribution in [0.5, 0.6) is 0 Å². The number of carbonyl (C=O) groups excluding carboxylic acids is 3. The van der Waals surface area contributed by atoms with Crippen molar-refractivity contribution < 1.29 is 18.8 Å². The van der Waals surface area contributed by atoms with Crippen molar-refractivity contribution in [1.82, 2.24) is 9.80 Å². The van der Waals surface area contributed by atoms with Crippen LogP contribution in [-0.4, -0.2) is 67.2 Å². The highest BCUT2D eigenvalue weighted by Gasteiger charge is 2.35. The Morgan fingerprint density at radius 2 is 1.72 bits per heavy atom. The van der Waals surface area contributed by atoms with Gasteiger partial charge in [-0.05, 0) is 81.4 Å². The van der Waals surface area contributed by atoms with Gasteiger partial charge >= 0.3 is 0 Å². The van der Waals surface area contributed by atoms with Crippen molar-refractivity contribution in [2.75, 3.05) is 44.7 Å². The van der Waals surface area contributed by atoms with Crippen LogP contribution < -0.4 is 4.90 Å². The number of anilines is 1. The fourth-order valence-electron chi connectivity index (χ4n) is 4.99. The van der Waals surface area contributed by atoms with Gasteiger partial charge in [-0.2, -0.15) is 0 Å². The Labute approximate surface area is 220 Å². The van der Waals surface area contributed by atoms with E-state index in [1.165, 1.54) is 12.1 Å². The summed E-state index contributed by atoms with van der Waals surface area (Å²) in [5.41, 5.74) is 1.22. The van der Waals surface area contributed by atoms with Gasteiger partial charge in [-0.15, -0.1) is 0 Å². The molecule has 1 atom stereocenters. The molecular weight excluding hydrogens is 504 g/mol. The number of Topliss-reactive ketones (excluding diaryl/α,β-unsaturated/α-hetero) is 1. The van der Waals surface area contributed by atoms with E-state index in [2.05, 4.69) is 4.90 Å². The minimum absolute atomic E-state index is 0.0273. The van der Waals surface area contributed by atoms with E-state index >= 15 is 0 Å². The number of hydrogen-bond donors (Lipinski definition) is 0. The van der Waals surface area contributed by atoms with E-state index in [-0.39, 0.29) is 41.7 Å². The van der Waals surface area contributed by atoms with E-state index in [9.17, 15) is 18.8 Å². The SMILES string of the molecule is CN1CC(C(=O)N(CCCN2CCC(C(=O)c3ccc(F)cc3)CC2)c2ccc(Cl)c(Cl)c2)CC1=O. The zero-order chi connectivity index (χ0) is 25.8. The van der Waals surface area contributed by atoms with Gasteiger partial charge in [-0.25, -0.2) is 4.39 Å². The molecule has 0 aromatic heterocycles. The van der Waals surface area contributed by atoms with Crippen LogP contribution in [0, 0.1) is 17.7 Å². The van der Waals surface area contributed by atoms with Crippen molar-refractivity contribution in [3.05, 3.63) is 63.9 Å². The molecule has 2 fully saturated rings. The molecule has 0 spiro atoms. The number of halogens is 3. The van der Waals surface area contributed by atoms with Gasteiger partial charge in [0.2, 0.25) is 11.8 Å². The summed E-state index contributed by atoms with van der Waals surface area (Å²) < 4.78 is 13.2. The third-order valence-electron chi connectivity index (χ3n) is 7.11. The second-order valence-corrected chi connectivity index (χ2v) is 10.4. The minimum Gasteiger partial charge on any atom is -0.345 e. The van der Waals surface area contributed by atoms with Crippen LogP contribution >= 0.6 is 23.2 Å². The van der Waals surface area contributed by atoms with Crippen LogP contribution in [0.3, 0.4) is 0 Å². The normalized spacial score (nSPS) is 19.1. The highest BCUT2D eigenvalue weighted by atomic mass is 35.5. The maximum absolute atomic E-state index is 13.4. The van der Waals surface area contributed by atoms with E-state index in [1.54, 1.807) is 47.2 Å². The Morgan fingerprint density at radius 3 is 2.33 bits per heavy atom. The van der Waals surface area contributed by atoms with Crippen LogP contribution in [-0.2, 0) is 9.59 Å². The van der Waals surface area contributed by atoms with Crippen molar-refractivity contribution >= 4 is 46.5 Å². The molecule has 2 saturated heterocycles. The summed E-state index contributed by atoms with van der Waals surface area (Å²) in [6.07, 6.45) is 2.45. The summed E-state index contributed by atoms with van der Waals surface area (Å²) in [7, 11) is 1.71. The average molecular weight is 534 g/mol. The number of rotatable bonds is 8. The third kappa shape index (κ3) is 6.25. The Bertz CT molecular complexity index is 1120. The smallest absolute Gasteiger partial charge is 0.232 e. The number of ketones is 1. The standard InChI is InChI=1S/C27H30Cl2FN3O3/c1-31-17-20(15-25(31)34)27(36)33(22-7-8-23(28)24(29)16-22)12-2-11-32-13-9-19(10-14-32)26(35)18-3-5-21(30)6-4-18/h3-8,16,19-20H,2,9-15,17H2,1H3. The number of nitrogens with zero attached hydrogens (tertiary/aromatic N) is 3. The number of benzene rings is 2. The van der Waals surface area contributed by atoms with Crippen molar-refractivity contribution in [3.63, 3.8) is 0 Å². The van der Waals surface area contributed by atoms with Gasteiger partial charge < -0.3 is 14.7 Å². The summed E-state index contributed by atoms with van der Waals surface area (Å²) >= 11 is 12.3. The third-order valence-corrected chi connectivity index (χ3v) is 7.85. The Hall–Kier alpha value is -2.48. The van der Waals surface area contributed by atoms with Gasteiger partial charge in [0.05, 0.1) is 16.0 Å². The molecule has 2 aliphatic rings. The van der Waals surface area contributed by atoms with E-state index in [4.69, 9.17) is 23.2 Å². The summed E-state index contributed by atoms with van der Waals surface area (Å²) in [5, 5.41) is 0.793. The number of amides is 2. The topological polar surface area (TPSA) is 60.9 Å². The lowest BCUT2D eigenvalue weighted by Crippen LogP contribution is -2.41. The van der Waals surface area contributed by atoms with E-state index in [0.29, 0.717) is 34.4 Å². The number of likely N-dealkylation sites (tertiary alicyclic amines) is 2. The Balaban J connectivity index is 1.33. The molecule has 2 amide bonds. The molecule has 2 aliphatic heterocycles. The molecule has 4 rings (SSSR count). The lowest BCUT2D eigenvalue weighted by molar-refractivity contribution is -0.127. The van der Waals surface area contributed by atoms with E-state index in [0.717, 1.165) is 38.9 Å². The van der Waals surface area contributed by atoms with Crippen LogP contribution in [0.4, 0.5) is 10.1 Å². The zero-order valence-electron chi connectivity index (χ0n) is 20.3. The minimum atomic E-state index is -0.384. The number of carbonyl (C=O) groups is 3. The summed E-state index contributed by atoms with van der Waals surface area (Å²) in [4.78, 5) is 43.8. The van der Waals surface area contributed by atoms with Crippen LogP contribution in [0.2, 0.25) is 10.0 Å². The van der Waals surface area contributed by atoms with Crippen LogP contribution in [0.1, 0.15) is 36.0 Å². The van der Waals surface area contributed by atoms with E-state index in [1.807, 2.05) is 0 Å². The quantitative estimate of drug-likeness (QED) is 0.451. The number of piperidine rings is 1. The van der Waals surface area contributed by atoms with Gasteiger partial charge in [-0.1, -0.05) is 23.2 Å². The molecule has 0 bridgehead atoms. The molecule has 6 nitrogen and oxygen atoms in total. The predicted molar refractivity (Wildman–Crippen MR) is 139 cm³/mol. The molecule has 0 saturated carbocycles. The molecule has 0 radical (unpaired) electrons. The monoisotopic (exact) mass is 533 g/mol. The molecule has 9 heteroatoms. The van der Waals surface area contributed by atoms with E-state index < -0.39 is 0 Å². The van der Waals surface area contributed by atoms with Crippen LogP contribution in [0.25, 0.3) is 0 Å². The molecule has 192 valence electrons. The van der Waals surface area contributed by atoms with Gasteiger partial charge in [0, 0.05) is 43.7 Å². The Morgan fingerprint density at radius 1 is 1.03 bits per heavy atom. The second-order valence-electron chi connectivity index (χ2n) is 9.60. The van der Waals surface area contributed by atoms with Gasteiger partial charge in [0.15, 0.2) is 5.78 Å². The summed E-state index contributed by atoms with van der Waals surface area (Å²) in [5.74, 6) is -0.832. The first-order valence-corrected chi connectivity index (χ1v) is 13.0. The number of hydrogen-bond acceptors (Lipinski definition) is 4. The van der Waals surface area contributed by atoms with Crippen molar-refractivity contribution in [2.24, 2.45) is 11.8 Å². The maximum atomic E-state index is 13.4. The first kappa shape index (κ1) is 26.6. The largest absolute Gasteiger partial charge is 0.345 e. The first-order valence-electron chi connectivity index (χ1n) is 12.3. The molecular formula is C27H30Cl2FN3O3. The highest BCUT2D eigenvalue weighted by molar-refractivity contribution is 6.42. The van der Waals surface area contributed by atoms with Gasteiger partial charge in [0.1, 0.15) is 5.82 Å². The van der Waals surface area contributed by atoms with Gasteiger partial charge in [-0.3, -0.25) is 14.4 Å². The van der Waals surface area contributed by atoms with Crippen molar-refractivity contribution in [1.29, 1.82) is 0 Å². The summed E-state index contributed by atoms with van der Waals surface area (Å²) in [6, 6.07) is 10.9. The predicted octanol–water partition coefficient (Wildman–Crippen LogP) is 4.93. The fraction of sp³-hybridized carbons (Fsp3) is 0.444. The lowest BCUT2D eigenvalue weighted by Gasteiger charge is -2.32. The molecule has 1 unspecified atom stereocenters. The van der Waals surface area contributed by atoms with Gasteiger partial charge in [0.25, 0.3) is 0 Å². The first-order chi connectivity index (χ1) is 17.2. The lowest BCUT2D eigenvalue weighted by atomic mass is 9.89. The molecule has 0 N–H and O–H groups in total. The van der Waals surface area contributed by atoms with Crippen molar-refractivity contribution in [2.45, 2.75) is 25.7 Å². The maximum Gasteiger partial charge on any atom is 0.232 e. The molecule has 2 aromatic rings. The van der Waals surface area contributed by atoms with Crippen LogP contribution in [0.15, 0.2) is 42.5 Å².